The molecule has 1 aromatic heterocycles. The molecule has 0 atom stereocenters. The quantitative estimate of drug-likeness (QED) is 0.748. The first-order chi connectivity index (χ1) is 14.4. The van der Waals surface area contributed by atoms with Gasteiger partial charge < -0.3 is 4.90 Å². The number of sulfonamides is 1. The van der Waals surface area contributed by atoms with E-state index in [1.54, 1.807) is 17.4 Å². The number of hydrogen-bond acceptors (Lipinski definition) is 6. The van der Waals surface area contributed by atoms with Crippen LogP contribution in [-0.2, 0) is 14.8 Å². The fourth-order valence-corrected chi connectivity index (χ4v) is 5.30. The fourth-order valence-electron chi connectivity index (χ4n) is 3.79. The largest absolute Gasteiger partial charge is 0.371 e. The van der Waals surface area contributed by atoms with Gasteiger partial charge in [0.25, 0.3) is 5.91 Å². The van der Waals surface area contributed by atoms with Crippen molar-refractivity contribution in [3.05, 3.63) is 53.8 Å². The lowest BCUT2D eigenvalue weighted by Crippen LogP contribution is -2.60. The minimum absolute atomic E-state index is 0.143. The molecule has 2 saturated heterocycles. The van der Waals surface area contributed by atoms with Crippen LogP contribution in [0.15, 0.2) is 53.7 Å². The number of piperazine rings is 1. The average Bonchev–Trinajstić information content (AvgIpc) is 2.76. The van der Waals surface area contributed by atoms with Crippen LogP contribution in [0, 0.1) is 0 Å². The Bertz CT molecular complexity index is 979. The second kappa shape index (κ2) is 8.89. The highest BCUT2D eigenvalue weighted by atomic mass is 35.5. The Labute approximate surface area is 181 Å². The highest BCUT2D eigenvalue weighted by molar-refractivity contribution is 7.89. The van der Waals surface area contributed by atoms with E-state index in [4.69, 9.17) is 11.6 Å². The monoisotopic (exact) mass is 449 g/mol. The molecule has 4 rings (SSSR count). The molecule has 2 aromatic rings. The van der Waals surface area contributed by atoms with Gasteiger partial charge in [-0.3, -0.25) is 14.8 Å². The van der Waals surface area contributed by atoms with E-state index < -0.39 is 10.0 Å². The predicted octanol–water partition coefficient (Wildman–Crippen LogP) is 1.74. The molecule has 0 unspecified atom stereocenters. The number of carbonyl (C=O) groups excluding carboxylic acids is 1. The van der Waals surface area contributed by atoms with Crippen molar-refractivity contribution in [1.82, 2.24) is 19.7 Å². The van der Waals surface area contributed by atoms with Crippen molar-refractivity contribution in [2.24, 2.45) is 0 Å². The Morgan fingerprint density at radius 1 is 0.967 bits per heavy atom. The molecule has 0 saturated carbocycles. The summed E-state index contributed by atoms with van der Waals surface area (Å²) in [5.41, 5.74) is 4.46. The molecule has 2 fully saturated rings. The summed E-state index contributed by atoms with van der Waals surface area (Å²) in [5.74, 6) is -0.240. The number of amides is 1. The number of hydrazine groups is 1. The van der Waals surface area contributed by atoms with Crippen LogP contribution >= 0.6 is 11.6 Å². The number of rotatable bonds is 5. The number of piperidine rings is 1. The molecule has 0 spiro atoms. The van der Waals surface area contributed by atoms with Gasteiger partial charge in [0.2, 0.25) is 10.0 Å². The van der Waals surface area contributed by atoms with Gasteiger partial charge in [-0.25, -0.2) is 13.8 Å². The number of nitrogens with one attached hydrogen (secondary N) is 1. The van der Waals surface area contributed by atoms with Crippen molar-refractivity contribution >= 4 is 33.2 Å². The second-order valence-corrected chi connectivity index (χ2v) is 9.81. The number of hydrogen-bond donors (Lipinski definition) is 1. The molecule has 30 heavy (non-hydrogen) atoms. The van der Waals surface area contributed by atoms with Crippen LogP contribution in [0.2, 0.25) is 5.02 Å². The van der Waals surface area contributed by atoms with Crippen molar-refractivity contribution in [1.29, 1.82) is 0 Å². The third kappa shape index (κ3) is 4.59. The summed E-state index contributed by atoms with van der Waals surface area (Å²) in [5, 5.41) is 2.04. The van der Waals surface area contributed by atoms with E-state index >= 15 is 0 Å². The number of nitrogens with zero attached hydrogens (tertiary/aromatic N) is 4. The Morgan fingerprint density at radius 2 is 1.63 bits per heavy atom. The van der Waals surface area contributed by atoms with E-state index in [1.807, 2.05) is 12.1 Å². The highest BCUT2D eigenvalue weighted by Crippen LogP contribution is 2.22. The normalized spacial score (nSPS) is 19.3. The van der Waals surface area contributed by atoms with E-state index in [1.165, 1.54) is 28.6 Å². The Hall–Kier alpha value is -2.20. The number of pyridine rings is 1. The lowest BCUT2D eigenvalue weighted by atomic mass is 10.1. The zero-order chi connectivity index (χ0) is 21.1. The standard InChI is InChI=1S/C20H24ClN5O3S/c21-16-1-3-19(4-2-16)30(28,29)25-13-14-26(20(27)15-25)23-17-7-11-24(12-8-17)18-5-9-22-10-6-18/h1-6,9-10,17,23H,7-8,11-15H2. The van der Waals surface area contributed by atoms with Gasteiger partial charge in [-0.05, 0) is 49.2 Å². The van der Waals surface area contributed by atoms with E-state index in [0.29, 0.717) is 11.6 Å². The number of benzene rings is 1. The summed E-state index contributed by atoms with van der Waals surface area (Å²) in [6, 6.07) is 10.2. The molecule has 0 radical (unpaired) electrons. The molecule has 160 valence electrons. The zero-order valence-electron chi connectivity index (χ0n) is 16.4. The molecule has 3 heterocycles. The van der Waals surface area contributed by atoms with E-state index in [9.17, 15) is 13.2 Å². The van der Waals surface area contributed by atoms with E-state index in [-0.39, 0.29) is 29.9 Å². The molecular weight excluding hydrogens is 426 g/mol. The average molecular weight is 450 g/mol. The Balaban J connectivity index is 1.31. The summed E-state index contributed by atoms with van der Waals surface area (Å²) in [4.78, 5) is 19.1. The minimum Gasteiger partial charge on any atom is -0.371 e. The van der Waals surface area contributed by atoms with Crippen LogP contribution in [0.3, 0.4) is 0 Å². The summed E-state index contributed by atoms with van der Waals surface area (Å²) in [6.45, 7) is 2.17. The lowest BCUT2D eigenvalue weighted by molar-refractivity contribution is -0.138. The first-order valence-corrected chi connectivity index (χ1v) is 11.7. The Morgan fingerprint density at radius 3 is 2.27 bits per heavy atom. The Kier molecular flexibility index (Phi) is 6.24. The van der Waals surface area contributed by atoms with Crippen molar-refractivity contribution < 1.29 is 13.2 Å². The van der Waals surface area contributed by atoms with Crippen molar-refractivity contribution in [2.75, 3.05) is 37.6 Å². The molecule has 2 aliphatic rings. The smallest absolute Gasteiger partial charge is 0.252 e. The van der Waals surface area contributed by atoms with Gasteiger partial charge in [0, 0.05) is 48.8 Å². The second-order valence-electron chi connectivity index (χ2n) is 7.43. The number of halogens is 1. The van der Waals surface area contributed by atoms with Crippen molar-refractivity contribution in [2.45, 2.75) is 23.8 Å². The molecule has 0 aliphatic carbocycles. The summed E-state index contributed by atoms with van der Waals surface area (Å²) in [6.07, 6.45) is 5.38. The SMILES string of the molecule is O=C1CN(S(=O)(=O)c2ccc(Cl)cc2)CCN1NC1CCN(c2ccncc2)CC1. The van der Waals surface area contributed by atoms with Crippen LogP contribution in [0.1, 0.15) is 12.8 Å². The lowest BCUT2D eigenvalue weighted by Gasteiger charge is -2.39. The van der Waals surface area contributed by atoms with E-state index in [2.05, 4.69) is 15.3 Å². The maximum atomic E-state index is 12.8. The van der Waals surface area contributed by atoms with Gasteiger partial charge in [-0.2, -0.15) is 4.31 Å². The summed E-state index contributed by atoms with van der Waals surface area (Å²) >= 11 is 5.84. The summed E-state index contributed by atoms with van der Waals surface area (Å²) in [7, 11) is -3.72. The van der Waals surface area contributed by atoms with Crippen LogP contribution < -0.4 is 10.3 Å². The molecule has 2 aliphatic heterocycles. The molecule has 1 aromatic carbocycles. The molecule has 0 bridgehead atoms. The minimum atomic E-state index is -3.72. The van der Waals surface area contributed by atoms with Crippen LogP contribution in [-0.4, -0.2) is 67.4 Å². The zero-order valence-corrected chi connectivity index (χ0v) is 18.0. The first kappa shape index (κ1) is 21.0. The third-order valence-electron chi connectivity index (χ3n) is 5.50. The van der Waals surface area contributed by atoms with Gasteiger partial charge in [0.05, 0.1) is 18.0 Å². The predicted molar refractivity (Wildman–Crippen MR) is 115 cm³/mol. The van der Waals surface area contributed by atoms with E-state index in [0.717, 1.165) is 31.6 Å². The van der Waals surface area contributed by atoms with Gasteiger partial charge in [-0.1, -0.05) is 11.6 Å². The van der Waals surface area contributed by atoms with Gasteiger partial charge in [0.15, 0.2) is 0 Å². The fraction of sp³-hybridized carbons (Fsp3) is 0.400. The summed E-state index contributed by atoms with van der Waals surface area (Å²) < 4.78 is 26.8. The van der Waals surface area contributed by atoms with Crippen molar-refractivity contribution in [3.8, 4) is 0 Å². The molecule has 10 heteroatoms. The molecule has 1 N–H and O–H groups in total. The van der Waals surface area contributed by atoms with Crippen molar-refractivity contribution in [3.63, 3.8) is 0 Å². The first-order valence-electron chi connectivity index (χ1n) is 9.91. The number of carbonyl (C=O) groups is 1. The van der Waals surface area contributed by atoms with Gasteiger partial charge >= 0.3 is 0 Å². The van der Waals surface area contributed by atoms with Crippen LogP contribution in [0.4, 0.5) is 5.69 Å². The molecule has 1 amide bonds. The molecular formula is C20H24ClN5O3S. The van der Waals surface area contributed by atoms with Crippen LogP contribution in [0.25, 0.3) is 0 Å². The molecule has 8 nitrogen and oxygen atoms in total. The van der Waals surface area contributed by atoms with Gasteiger partial charge in [-0.15, -0.1) is 0 Å². The highest BCUT2D eigenvalue weighted by Gasteiger charge is 2.34. The number of anilines is 1. The van der Waals surface area contributed by atoms with Crippen LogP contribution in [0.5, 0.6) is 0 Å². The maximum absolute atomic E-state index is 12.8. The maximum Gasteiger partial charge on any atom is 0.252 e. The number of aromatic nitrogens is 1. The third-order valence-corrected chi connectivity index (χ3v) is 7.61. The van der Waals surface area contributed by atoms with Gasteiger partial charge in [0.1, 0.15) is 0 Å². The topological polar surface area (TPSA) is 85.8 Å².